The lowest BCUT2D eigenvalue weighted by molar-refractivity contribution is -0.150. The average molecular weight is 232 g/mol. The fourth-order valence-electron chi connectivity index (χ4n) is 2.65. The molecule has 0 bridgehead atoms. The van der Waals surface area contributed by atoms with Crippen molar-refractivity contribution in [1.29, 1.82) is 0 Å². The summed E-state index contributed by atoms with van der Waals surface area (Å²) in [6.45, 7) is 0. The van der Waals surface area contributed by atoms with E-state index < -0.39 is 0 Å². The molecular weight excluding hydrogens is 216 g/mol. The average Bonchev–Trinajstić information content (AvgIpc) is 2.76. The molecule has 0 radical (unpaired) electrons. The van der Waals surface area contributed by atoms with E-state index in [0.717, 1.165) is 12.2 Å². The molecule has 0 heterocycles. The van der Waals surface area contributed by atoms with E-state index in [1.807, 2.05) is 6.07 Å². The maximum atomic E-state index is 11.2. The van der Waals surface area contributed by atoms with Crippen molar-refractivity contribution in [1.82, 2.24) is 0 Å². The molecule has 0 saturated heterocycles. The van der Waals surface area contributed by atoms with E-state index in [0.29, 0.717) is 6.42 Å². The minimum atomic E-state index is -0.372. The van der Waals surface area contributed by atoms with Crippen LogP contribution in [0.4, 0.5) is 0 Å². The van der Waals surface area contributed by atoms with E-state index in [1.165, 1.54) is 24.0 Å². The zero-order valence-corrected chi connectivity index (χ0v) is 9.94. The van der Waals surface area contributed by atoms with E-state index in [-0.39, 0.29) is 18.0 Å². The van der Waals surface area contributed by atoms with Gasteiger partial charge in [0.15, 0.2) is 11.9 Å². The number of carbonyl (C=O) groups excluding carboxylic acids is 1. The third-order valence-electron chi connectivity index (χ3n) is 3.67. The monoisotopic (exact) mass is 232 g/mol. The van der Waals surface area contributed by atoms with Crippen LogP contribution in [0.1, 0.15) is 24.0 Å². The SMILES string of the molecule is COC1C(=O)CC1Oc1ccc2c(c1)CCC2. The van der Waals surface area contributed by atoms with E-state index in [2.05, 4.69) is 12.1 Å². The number of methoxy groups -OCH3 is 1. The van der Waals surface area contributed by atoms with Crippen molar-refractivity contribution in [3.05, 3.63) is 29.3 Å². The van der Waals surface area contributed by atoms with E-state index in [9.17, 15) is 4.79 Å². The third-order valence-corrected chi connectivity index (χ3v) is 3.67. The van der Waals surface area contributed by atoms with Gasteiger partial charge in [-0.1, -0.05) is 6.07 Å². The minimum Gasteiger partial charge on any atom is -0.487 e. The van der Waals surface area contributed by atoms with Crippen LogP contribution >= 0.6 is 0 Å². The summed E-state index contributed by atoms with van der Waals surface area (Å²) in [6, 6.07) is 6.25. The Morgan fingerprint density at radius 2 is 2.06 bits per heavy atom. The van der Waals surface area contributed by atoms with Crippen molar-refractivity contribution >= 4 is 5.78 Å². The number of rotatable bonds is 3. The van der Waals surface area contributed by atoms with Crippen LogP contribution < -0.4 is 4.74 Å². The summed E-state index contributed by atoms with van der Waals surface area (Å²) in [4.78, 5) is 11.2. The molecular formula is C14H16O3. The van der Waals surface area contributed by atoms with Gasteiger partial charge in [0.05, 0.1) is 0 Å². The van der Waals surface area contributed by atoms with Gasteiger partial charge in [0.25, 0.3) is 0 Å². The minimum absolute atomic E-state index is 0.105. The summed E-state index contributed by atoms with van der Waals surface area (Å²) in [5.41, 5.74) is 2.83. The lowest BCUT2D eigenvalue weighted by Crippen LogP contribution is -2.51. The van der Waals surface area contributed by atoms with Gasteiger partial charge in [0.2, 0.25) is 0 Å². The molecule has 0 spiro atoms. The zero-order chi connectivity index (χ0) is 11.8. The van der Waals surface area contributed by atoms with Crippen molar-refractivity contribution < 1.29 is 14.3 Å². The van der Waals surface area contributed by atoms with Gasteiger partial charge < -0.3 is 9.47 Å². The van der Waals surface area contributed by atoms with Crippen LogP contribution in [-0.4, -0.2) is 25.1 Å². The van der Waals surface area contributed by atoms with Gasteiger partial charge in [-0.05, 0) is 42.5 Å². The highest BCUT2D eigenvalue weighted by molar-refractivity contribution is 5.90. The van der Waals surface area contributed by atoms with Crippen LogP contribution in [0.25, 0.3) is 0 Å². The number of ether oxygens (including phenoxy) is 2. The summed E-state index contributed by atoms with van der Waals surface area (Å²) in [5, 5.41) is 0. The molecule has 1 saturated carbocycles. The molecule has 2 atom stereocenters. The van der Waals surface area contributed by atoms with E-state index >= 15 is 0 Å². The molecule has 0 N–H and O–H groups in total. The standard InChI is InChI=1S/C14H16O3/c1-16-14-12(15)8-13(14)17-11-6-5-9-3-2-4-10(9)7-11/h5-7,13-14H,2-4,8H2,1H3. The Morgan fingerprint density at radius 1 is 1.24 bits per heavy atom. The Balaban J connectivity index is 1.71. The first kappa shape index (κ1) is 10.8. The number of benzene rings is 1. The number of aryl methyl sites for hydroxylation is 2. The number of hydrogen-bond acceptors (Lipinski definition) is 3. The second kappa shape index (κ2) is 4.15. The van der Waals surface area contributed by atoms with Gasteiger partial charge >= 0.3 is 0 Å². The highest BCUT2D eigenvalue weighted by Crippen LogP contribution is 2.29. The molecule has 17 heavy (non-hydrogen) atoms. The fourth-order valence-corrected chi connectivity index (χ4v) is 2.65. The number of carbonyl (C=O) groups is 1. The van der Waals surface area contributed by atoms with Gasteiger partial charge in [0.1, 0.15) is 11.9 Å². The molecule has 2 unspecified atom stereocenters. The summed E-state index contributed by atoms with van der Waals surface area (Å²) < 4.78 is 10.9. The molecule has 3 nitrogen and oxygen atoms in total. The Bertz CT molecular complexity index is 453. The first-order valence-electron chi connectivity index (χ1n) is 6.12. The summed E-state index contributed by atoms with van der Waals surface area (Å²) in [7, 11) is 1.56. The van der Waals surface area contributed by atoms with Crippen molar-refractivity contribution in [2.24, 2.45) is 0 Å². The maximum Gasteiger partial charge on any atom is 0.169 e. The van der Waals surface area contributed by atoms with Crippen LogP contribution in [0.15, 0.2) is 18.2 Å². The number of fused-ring (bicyclic) bond motifs is 1. The molecule has 0 aromatic heterocycles. The highest BCUT2D eigenvalue weighted by atomic mass is 16.5. The number of hydrogen-bond donors (Lipinski definition) is 0. The largest absolute Gasteiger partial charge is 0.487 e. The molecule has 3 heteroatoms. The lowest BCUT2D eigenvalue weighted by atomic mass is 9.90. The predicted molar refractivity (Wildman–Crippen MR) is 63.3 cm³/mol. The van der Waals surface area contributed by atoms with Crippen LogP contribution in [0.5, 0.6) is 5.75 Å². The number of ketones is 1. The normalized spacial score (nSPS) is 26.5. The second-order valence-corrected chi connectivity index (χ2v) is 4.77. The van der Waals surface area contributed by atoms with Gasteiger partial charge in [-0.3, -0.25) is 4.79 Å². The van der Waals surface area contributed by atoms with E-state index in [4.69, 9.17) is 9.47 Å². The zero-order valence-electron chi connectivity index (χ0n) is 9.94. The summed E-state index contributed by atoms with van der Waals surface area (Å²) >= 11 is 0. The first-order valence-corrected chi connectivity index (χ1v) is 6.12. The van der Waals surface area contributed by atoms with Crippen LogP contribution in [-0.2, 0) is 22.4 Å². The third kappa shape index (κ3) is 1.84. The van der Waals surface area contributed by atoms with Crippen LogP contribution in [0.2, 0.25) is 0 Å². The Kier molecular flexibility index (Phi) is 2.63. The molecule has 90 valence electrons. The molecule has 0 amide bonds. The fraction of sp³-hybridized carbons (Fsp3) is 0.500. The second-order valence-electron chi connectivity index (χ2n) is 4.77. The first-order chi connectivity index (χ1) is 8.28. The molecule has 1 aromatic rings. The Hall–Kier alpha value is -1.35. The quantitative estimate of drug-likeness (QED) is 0.798. The van der Waals surface area contributed by atoms with Gasteiger partial charge in [0, 0.05) is 13.5 Å². The van der Waals surface area contributed by atoms with Crippen molar-refractivity contribution in [3.63, 3.8) is 0 Å². The summed E-state index contributed by atoms with van der Waals surface area (Å²) in [6.07, 6.45) is 3.55. The molecule has 1 fully saturated rings. The Morgan fingerprint density at radius 3 is 2.82 bits per heavy atom. The molecule has 1 aromatic carbocycles. The smallest absolute Gasteiger partial charge is 0.169 e. The van der Waals surface area contributed by atoms with Crippen molar-refractivity contribution in [2.45, 2.75) is 37.9 Å². The van der Waals surface area contributed by atoms with Gasteiger partial charge in [-0.2, -0.15) is 0 Å². The highest BCUT2D eigenvalue weighted by Gasteiger charge is 2.42. The molecule has 3 rings (SSSR count). The van der Waals surface area contributed by atoms with Gasteiger partial charge in [-0.15, -0.1) is 0 Å². The molecule has 2 aliphatic rings. The molecule has 2 aliphatic carbocycles. The van der Waals surface area contributed by atoms with Crippen molar-refractivity contribution in [3.8, 4) is 5.75 Å². The lowest BCUT2D eigenvalue weighted by Gasteiger charge is -2.33. The topological polar surface area (TPSA) is 35.5 Å². The number of Topliss-reactive ketones (excluding diaryl/α,β-unsaturated/α-hetero) is 1. The Labute approximate surface area is 101 Å². The summed E-state index contributed by atoms with van der Waals surface area (Å²) in [5.74, 6) is 1.00. The maximum absolute atomic E-state index is 11.2. The van der Waals surface area contributed by atoms with Crippen LogP contribution in [0, 0.1) is 0 Å². The van der Waals surface area contributed by atoms with Gasteiger partial charge in [-0.25, -0.2) is 0 Å². The van der Waals surface area contributed by atoms with Crippen molar-refractivity contribution in [2.75, 3.05) is 7.11 Å². The predicted octanol–water partition coefficient (Wildman–Crippen LogP) is 1.91. The van der Waals surface area contributed by atoms with E-state index in [1.54, 1.807) is 7.11 Å². The molecule has 0 aliphatic heterocycles. The van der Waals surface area contributed by atoms with Crippen LogP contribution in [0.3, 0.4) is 0 Å².